The maximum Gasteiger partial charge on any atom is 0.413 e. The molecule has 1 heterocycles. The summed E-state index contributed by atoms with van der Waals surface area (Å²) in [5.74, 6) is 0.525. The normalized spacial score (nSPS) is 18.1. The summed E-state index contributed by atoms with van der Waals surface area (Å²) in [6, 6.07) is 7.89. The first-order chi connectivity index (χ1) is 9.54. The van der Waals surface area contributed by atoms with Gasteiger partial charge in [0.25, 0.3) is 0 Å². The largest absolute Gasteiger partial charge is 0.453 e. The highest BCUT2D eigenvalue weighted by Gasteiger charge is 2.33. The van der Waals surface area contributed by atoms with Crippen molar-refractivity contribution in [1.29, 1.82) is 0 Å². The number of nitrogens with zero attached hydrogens (tertiary/aromatic N) is 2. The third-order valence-corrected chi connectivity index (χ3v) is 3.56. The number of ether oxygens (including phenoxy) is 1. The van der Waals surface area contributed by atoms with Crippen LogP contribution >= 0.6 is 11.6 Å². The second-order valence-corrected chi connectivity index (χ2v) is 5.23. The number of hydrogen-bond acceptors (Lipinski definition) is 4. The number of methoxy groups -OCH3 is 1. The van der Waals surface area contributed by atoms with Crippen LogP contribution in [-0.2, 0) is 4.74 Å². The molecule has 1 aliphatic rings. The van der Waals surface area contributed by atoms with Crippen molar-refractivity contribution in [3.63, 3.8) is 0 Å². The van der Waals surface area contributed by atoms with E-state index in [0.29, 0.717) is 17.5 Å². The van der Waals surface area contributed by atoms with Gasteiger partial charge in [0.2, 0.25) is 5.96 Å². The van der Waals surface area contributed by atoms with Crippen molar-refractivity contribution >= 4 is 23.7 Å². The molecule has 0 saturated heterocycles. The van der Waals surface area contributed by atoms with Gasteiger partial charge in [0.1, 0.15) is 0 Å². The molecule has 1 unspecified atom stereocenters. The Kier molecular flexibility index (Phi) is 4.49. The lowest BCUT2D eigenvalue weighted by Gasteiger charge is -2.32. The lowest BCUT2D eigenvalue weighted by Crippen LogP contribution is -2.46. The number of hydrogen-bond donors (Lipinski definition) is 1. The van der Waals surface area contributed by atoms with Gasteiger partial charge in [0.05, 0.1) is 19.7 Å². The summed E-state index contributed by atoms with van der Waals surface area (Å²) in [7, 11) is 1.33. The Bertz CT molecular complexity index is 531. The lowest BCUT2D eigenvalue weighted by molar-refractivity contribution is 0.174. The zero-order chi connectivity index (χ0) is 14.7. The summed E-state index contributed by atoms with van der Waals surface area (Å²) >= 11 is 6.27. The van der Waals surface area contributed by atoms with Crippen LogP contribution in [0.5, 0.6) is 0 Å². The molecule has 0 saturated carbocycles. The van der Waals surface area contributed by atoms with Crippen LogP contribution in [-0.4, -0.2) is 36.6 Å². The van der Waals surface area contributed by atoms with Gasteiger partial charge in [-0.05, 0) is 25.5 Å². The molecule has 1 aromatic carbocycles. The van der Waals surface area contributed by atoms with Gasteiger partial charge in [0, 0.05) is 11.1 Å². The van der Waals surface area contributed by atoms with E-state index in [9.17, 15) is 4.79 Å². The first kappa shape index (κ1) is 14.7. The first-order valence-electron chi connectivity index (χ1n) is 6.46. The Morgan fingerprint density at radius 3 is 2.80 bits per heavy atom. The number of rotatable bonds is 2. The van der Waals surface area contributed by atoms with Crippen molar-refractivity contribution in [1.82, 2.24) is 10.2 Å². The minimum Gasteiger partial charge on any atom is -0.453 e. The quantitative estimate of drug-likeness (QED) is 0.913. The van der Waals surface area contributed by atoms with Crippen molar-refractivity contribution in [2.24, 2.45) is 4.99 Å². The molecular weight excluding hydrogens is 278 g/mol. The maximum absolute atomic E-state index is 11.4. The molecule has 0 bridgehead atoms. The number of amides is 1. The predicted molar refractivity (Wildman–Crippen MR) is 79.0 cm³/mol. The maximum atomic E-state index is 11.4. The molecule has 20 heavy (non-hydrogen) atoms. The third kappa shape index (κ3) is 2.88. The van der Waals surface area contributed by atoms with E-state index in [4.69, 9.17) is 11.6 Å². The molecule has 6 heteroatoms. The number of benzene rings is 1. The molecule has 1 N–H and O–H groups in total. The van der Waals surface area contributed by atoms with Crippen LogP contribution in [0.4, 0.5) is 4.79 Å². The Labute approximate surface area is 123 Å². The van der Waals surface area contributed by atoms with E-state index in [0.717, 1.165) is 5.56 Å². The second-order valence-electron chi connectivity index (χ2n) is 4.82. The molecule has 5 nitrogen and oxygen atoms in total. The fraction of sp³-hybridized carbons (Fsp3) is 0.429. The minimum absolute atomic E-state index is 0.0239. The Morgan fingerprint density at radius 1 is 1.50 bits per heavy atom. The van der Waals surface area contributed by atoms with Gasteiger partial charge in [0.15, 0.2) is 0 Å². The zero-order valence-electron chi connectivity index (χ0n) is 11.8. The summed E-state index contributed by atoms with van der Waals surface area (Å²) in [6.07, 6.45) is -0.519. The molecule has 108 valence electrons. The van der Waals surface area contributed by atoms with Gasteiger partial charge >= 0.3 is 6.09 Å². The van der Waals surface area contributed by atoms with E-state index in [2.05, 4.69) is 15.0 Å². The van der Waals surface area contributed by atoms with Crippen LogP contribution in [0, 0.1) is 0 Å². The molecule has 0 spiro atoms. The van der Waals surface area contributed by atoms with Crippen LogP contribution in [0.25, 0.3) is 0 Å². The number of alkyl carbamates (subject to hydrolysis) is 1. The Hall–Kier alpha value is -1.75. The van der Waals surface area contributed by atoms with Crippen molar-refractivity contribution in [2.45, 2.75) is 25.9 Å². The highest BCUT2D eigenvalue weighted by atomic mass is 35.5. The highest BCUT2D eigenvalue weighted by Crippen LogP contribution is 2.32. The van der Waals surface area contributed by atoms with Crippen molar-refractivity contribution in [2.75, 3.05) is 13.7 Å². The van der Waals surface area contributed by atoms with Crippen molar-refractivity contribution in [3.8, 4) is 0 Å². The standard InChI is InChI=1S/C14H18ClN3O2/c1-9(2)18-12(10-6-4-5-7-11(10)15)8-16-13(18)17-14(19)20-3/h4-7,9,12H,8H2,1-3H3,(H,16,17,19). The van der Waals surface area contributed by atoms with Crippen LogP contribution in [0.1, 0.15) is 25.5 Å². The molecule has 2 rings (SSSR count). The van der Waals surface area contributed by atoms with Crippen LogP contribution in [0.2, 0.25) is 5.02 Å². The molecular formula is C14H18ClN3O2. The molecule has 1 amide bonds. The average molecular weight is 296 g/mol. The topological polar surface area (TPSA) is 53.9 Å². The van der Waals surface area contributed by atoms with E-state index >= 15 is 0 Å². The van der Waals surface area contributed by atoms with Crippen LogP contribution in [0.15, 0.2) is 29.3 Å². The number of aliphatic imine (C=N–C) groups is 1. The highest BCUT2D eigenvalue weighted by molar-refractivity contribution is 6.31. The summed E-state index contributed by atoms with van der Waals surface area (Å²) in [5.41, 5.74) is 1.01. The van der Waals surface area contributed by atoms with Gasteiger partial charge in [-0.25, -0.2) is 4.79 Å². The van der Waals surface area contributed by atoms with Gasteiger partial charge in [-0.1, -0.05) is 29.8 Å². The number of nitrogens with one attached hydrogen (secondary N) is 1. The number of guanidine groups is 1. The third-order valence-electron chi connectivity index (χ3n) is 3.21. The number of carbonyl (C=O) groups is 1. The molecule has 1 aromatic rings. The zero-order valence-corrected chi connectivity index (χ0v) is 12.5. The van der Waals surface area contributed by atoms with E-state index in [1.807, 2.05) is 43.0 Å². The first-order valence-corrected chi connectivity index (χ1v) is 6.84. The molecule has 1 aliphatic heterocycles. The van der Waals surface area contributed by atoms with E-state index < -0.39 is 6.09 Å². The summed E-state index contributed by atoms with van der Waals surface area (Å²) in [6.45, 7) is 4.65. The molecule has 0 aromatic heterocycles. The van der Waals surface area contributed by atoms with Crippen LogP contribution in [0.3, 0.4) is 0 Å². The monoisotopic (exact) mass is 295 g/mol. The van der Waals surface area contributed by atoms with Crippen molar-refractivity contribution < 1.29 is 9.53 Å². The van der Waals surface area contributed by atoms with Gasteiger partial charge < -0.3 is 9.64 Å². The summed E-state index contributed by atoms with van der Waals surface area (Å²) in [4.78, 5) is 17.8. The SMILES string of the molecule is COC(=O)NC1=NCC(c2ccccc2Cl)N1C(C)C. The fourth-order valence-corrected chi connectivity index (χ4v) is 2.60. The van der Waals surface area contributed by atoms with E-state index in [-0.39, 0.29) is 12.1 Å². The number of halogens is 1. The fourth-order valence-electron chi connectivity index (χ4n) is 2.33. The lowest BCUT2D eigenvalue weighted by atomic mass is 10.1. The molecule has 0 fully saturated rings. The van der Waals surface area contributed by atoms with E-state index in [1.54, 1.807) is 0 Å². The molecule has 1 atom stereocenters. The average Bonchev–Trinajstić information content (AvgIpc) is 2.82. The Balaban J connectivity index is 2.25. The summed E-state index contributed by atoms with van der Waals surface area (Å²) < 4.78 is 4.62. The van der Waals surface area contributed by atoms with Crippen molar-refractivity contribution in [3.05, 3.63) is 34.9 Å². The van der Waals surface area contributed by atoms with Crippen LogP contribution < -0.4 is 5.32 Å². The minimum atomic E-state index is -0.519. The Morgan fingerprint density at radius 2 is 2.20 bits per heavy atom. The molecule has 0 aliphatic carbocycles. The van der Waals surface area contributed by atoms with Gasteiger partial charge in [-0.3, -0.25) is 10.3 Å². The van der Waals surface area contributed by atoms with E-state index in [1.165, 1.54) is 7.11 Å². The predicted octanol–water partition coefficient (Wildman–Crippen LogP) is 2.82. The number of carbonyl (C=O) groups excluding carboxylic acids is 1. The second kappa shape index (κ2) is 6.13. The summed E-state index contributed by atoms with van der Waals surface area (Å²) in [5, 5.41) is 3.36. The smallest absolute Gasteiger partial charge is 0.413 e. The van der Waals surface area contributed by atoms with Gasteiger partial charge in [-0.2, -0.15) is 0 Å². The molecule has 0 radical (unpaired) electrons. The van der Waals surface area contributed by atoms with Gasteiger partial charge in [-0.15, -0.1) is 0 Å².